The van der Waals surface area contributed by atoms with Gasteiger partial charge in [0.25, 0.3) is 0 Å². The second kappa shape index (κ2) is 7.53. The van der Waals surface area contributed by atoms with Gasteiger partial charge in [0, 0.05) is 13.1 Å². The quantitative estimate of drug-likeness (QED) is 0.207. The number of urea groups is 1. The van der Waals surface area contributed by atoms with Crippen LogP contribution in [-0.4, -0.2) is 71.3 Å². The van der Waals surface area contributed by atoms with Crippen LogP contribution < -0.4 is 11.1 Å². The number of fused-ring (bicyclic) bond motifs is 2. The number of aromatic nitrogens is 2. The molecule has 6 N–H and O–H groups in total. The molecule has 3 rings (SSSR count). The summed E-state index contributed by atoms with van der Waals surface area (Å²) in [5.41, 5.74) is 5.15. The van der Waals surface area contributed by atoms with Crippen molar-refractivity contribution in [3.63, 3.8) is 0 Å². The molecule has 4 atom stereocenters. The molecule has 0 radical (unpaired) electrons. The zero-order chi connectivity index (χ0) is 18.8. The minimum Gasteiger partial charge on any atom is -0.423 e. The van der Waals surface area contributed by atoms with E-state index in [1.807, 2.05) is 0 Å². The summed E-state index contributed by atoms with van der Waals surface area (Å²) < 4.78 is 29.9. The SMILES string of the molecule is N=C(N)NCC(O)Cc1nnc([C@@H]2CC[C@@H]3CN2C(=O)N3OS(=O)O)o1. The van der Waals surface area contributed by atoms with Gasteiger partial charge in [-0.3, -0.25) is 9.96 Å². The number of carbonyl (C=O) groups excluding carboxylic acids is 1. The van der Waals surface area contributed by atoms with E-state index in [2.05, 4.69) is 19.8 Å². The molecule has 2 fully saturated rings. The van der Waals surface area contributed by atoms with Crippen LogP contribution in [0.5, 0.6) is 0 Å². The third kappa shape index (κ3) is 3.92. The Labute approximate surface area is 150 Å². The molecule has 26 heavy (non-hydrogen) atoms. The predicted molar refractivity (Wildman–Crippen MR) is 85.5 cm³/mol. The van der Waals surface area contributed by atoms with Crippen LogP contribution in [0.15, 0.2) is 4.42 Å². The number of rotatable bonds is 7. The molecule has 0 aliphatic carbocycles. The van der Waals surface area contributed by atoms with E-state index in [-0.39, 0.29) is 36.7 Å². The van der Waals surface area contributed by atoms with Gasteiger partial charge in [-0.05, 0) is 12.8 Å². The Morgan fingerprint density at radius 2 is 2.31 bits per heavy atom. The minimum atomic E-state index is -2.58. The van der Waals surface area contributed by atoms with Gasteiger partial charge in [0.05, 0.1) is 18.6 Å². The summed E-state index contributed by atoms with van der Waals surface area (Å²) in [5, 5.41) is 28.1. The van der Waals surface area contributed by atoms with Crippen LogP contribution in [-0.2, 0) is 22.1 Å². The van der Waals surface area contributed by atoms with E-state index in [9.17, 15) is 14.1 Å². The summed E-state index contributed by atoms with van der Waals surface area (Å²) >= 11 is -2.58. The number of hydroxylamine groups is 2. The summed E-state index contributed by atoms with van der Waals surface area (Å²) in [7, 11) is 0. The summed E-state index contributed by atoms with van der Waals surface area (Å²) in [6.07, 6.45) is 0.270. The summed E-state index contributed by atoms with van der Waals surface area (Å²) in [6.45, 7) is 0.386. The van der Waals surface area contributed by atoms with Gasteiger partial charge in [-0.15, -0.1) is 14.5 Å². The van der Waals surface area contributed by atoms with E-state index >= 15 is 0 Å². The van der Waals surface area contributed by atoms with E-state index in [1.165, 1.54) is 4.90 Å². The summed E-state index contributed by atoms with van der Waals surface area (Å²) in [6, 6.07) is -1.31. The monoisotopic (exact) mass is 389 g/mol. The standard InChI is InChI=1S/C12H19N7O6S/c13-11(14)15-4-7(20)3-9-16-17-10(24-9)8-2-1-6-5-18(8)12(21)19(6)25-26(22)23/h6-8,20H,1-5H2,(H,22,23)(H4,13,14,15)/t6-,7?,8+/m1/s1. The first kappa shape index (κ1) is 18.5. The van der Waals surface area contributed by atoms with Crippen molar-refractivity contribution in [3.8, 4) is 0 Å². The maximum atomic E-state index is 12.4. The van der Waals surface area contributed by atoms with Crippen LogP contribution >= 0.6 is 0 Å². The Hall–Kier alpha value is -2.29. The maximum Gasteiger partial charge on any atom is 0.346 e. The minimum absolute atomic E-state index is 0.0629. The molecular formula is C12H19N7O6S. The lowest BCUT2D eigenvalue weighted by molar-refractivity contribution is -0.0230. The van der Waals surface area contributed by atoms with Crippen molar-refractivity contribution < 1.29 is 27.4 Å². The van der Waals surface area contributed by atoms with Crippen molar-refractivity contribution in [2.45, 2.75) is 37.5 Å². The van der Waals surface area contributed by atoms with Crippen LogP contribution in [0.1, 0.15) is 30.7 Å². The lowest BCUT2D eigenvalue weighted by Crippen LogP contribution is -2.37. The predicted octanol–water partition coefficient (Wildman–Crippen LogP) is -1.53. The fourth-order valence-corrected chi connectivity index (χ4v) is 3.36. The van der Waals surface area contributed by atoms with Crippen LogP contribution in [0.2, 0.25) is 0 Å². The molecule has 144 valence electrons. The number of nitrogens with one attached hydrogen (secondary N) is 2. The van der Waals surface area contributed by atoms with Crippen LogP contribution in [0.3, 0.4) is 0 Å². The van der Waals surface area contributed by atoms with Crippen LogP contribution in [0.4, 0.5) is 4.79 Å². The van der Waals surface area contributed by atoms with E-state index in [4.69, 9.17) is 20.1 Å². The highest BCUT2D eigenvalue weighted by molar-refractivity contribution is 7.74. The van der Waals surface area contributed by atoms with E-state index in [1.54, 1.807) is 0 Å². The highest BCUT2D eigenvalue weighted by atomic mass is 32.2. The van der Waals surface area contributed by atoms with Crippen LogP contribution in [0.25, 0.3) is 0 Å². The normalized spacial score (nSPS) is 24.6. The number of hydrogen-bond donors (Lipinski definition) is 5. The smallest absolute Gasteiger partial charge is 0.346 e. The molecule has 0 saturated carbocycles. The maximum absolute atomic E-state index is 12.4. The zero-order valence-electron chi connectivity index (χ0n) is 13.6. The van der Waals surface area contributed by atoms with Gasteiger partial charge in [0.2, 0.25) is 11.8 Å². The first-order valence-electron chi connectivity index (χ1n) is 7.82. The molecule has 2 bridgehead atoms. The molecule has 3 heterocycles. The largest absolute Gasteiger partial charge is 0.423 e. The first-order chi connectivity index (χ1) is 12.3. The number of nitrogens with two attached hydrogens (primary N) is 1. The van der Waals surface area contributed by atoms with Crippen molar-refractivity contribution in [2.24, 2.45) is 5.73 Å². The number of amides is 2. The number of nitrogens with zero attached hydrogens (tertiary/aromatic N) is 4. The molecule has 2 saturated heterocycles. The Kier molecular flexibility index (Phi) is 5.36. The van der Waals surface area contributed by atoms with Crippen LogP contribution in [0, 0.1) is 5.41 Å². The molecule has 13 nitrogen and oxygen atoms in total. The lowest BCUT2D eigenvalue weighted by Gasteiger charge is -2.27. The number of carbonyl (C=O) groups is 1. The Morgan fingerprint density at radius 1 is 1.54 bits per heavy atom. The van der Waals surface area contributed by atoms with Crippen molar-refractivity contribution in [2.75, 3.05) is 13.1 Å². The van der Waals surface area contributed by atoms with E-state index in [0.717, 1.165) is 5.06 Å². The molecule has 2 unspecified atom stereocenters. The summed E-state index contributed by atoms with van der Waals surface area (Å²) in [4.78, 5) is 13.8. The molecule has 14 heteroatoms. The first-order valence-corrected chi connectivity index (χ1v) is 8.85. The molecule has 2 aliphatic rings. The average Bonchev–Trinajstić information content (AvgIpc) is 3.12. The third-order valence-electron chi connectivity index (χ3n) is 4.17. The second-order valence-corrected chi connectivity index (χ2v) is 6.57. The molecule has 1 aromatic rings. The van der Waals surface area contributed by atoms with Gasteiger partial charge < -0.3 is 25.5 Å². The van der Waals surface area contributed by atoms with Crippen molar-refractivity contribution in [3.05, 3.63) is 11.8 Å². The van der Waals surface area contributed by atoms with Gasteiger partial charge >= 0.3 is 17.4 Å². The average molecular weight is 389 g/mol. The highest BCUT2D eigenvalue weighted by Gasteiger charge is 2.48. The number of aliphatic hydroxyl groups excluding tert-OH is 1. The zero-order valence-corrected chi connectivity index (χ0v) is 14.4. The van der Waals surface area contributed by atoms with E-state index < -0.39 is 29.5 Å². The molecule has 1 aromatic heterocycles. The van der Waals surface area contributed by atoms with Gasteiger partial charge in [-0.1, -0.05) is 0 Å². The molecule has 2 aliphatic heterocycles. The molecule has 0 aromatic carbocycles. The number of guanidine groups is 1. The van der Waals surface area contributed by atoms with Gasteiger partial charge in [-0.2, -0.15) is 9.27 Å². The lowest BCUT2D eigenvalue weighted by atomic mass is 10.0. The van der Waals surface area contributed by atoms with Gasteiger partial charge in [-0.25, -0.2) is 4.79 Å². The van der Waals surface area contributed by atoms with Crippen molar-refractivity contribution >= 4 is 23.4 Å². The number of piperidine rings is 1. The fourth-order valence-electron chi connectivity index (χ4n) is 3.04. The Bertz CT molecular complexity index is 714. The van der Waals surface area contributed by atoms with Gasteiger partial charge in [0.15, 0.2) is 5.96 Å². The number of aliphatic hydroxyl groups is 1. The third-order valence-corrected chi connectivity index (χ3v) is 4.46. The molecular weight excluding hydrogens is 370 g/mol. The fraction of sp³-hybridized carbons (Fsp3) is 0.667. The number of hydrogen-bond acceptors (Lipinski definition) is 8. The summed E-state index contributed by atoms with van der Waals surface area (Å²) in [5.74, 6) is 0.164. The van der Waals surface area contributed by atoms with Crippen molar-refractivity contribution in [1.82, 2.24) is 25.5 Å². The Morgan fingerprint density at radius 3 is 3.00 bits per heavy atom. The molecule has 0 spiro atoms. The Balaban J connectivity index is 1.64. The van der Waals surface area contributed by atoms with Gasteiger partial charge in [0.1, 0.15) is 6.04 Å². The highest BCUT2D eigenvalue weighted by Crippen LogP contribution is 2.38. The second-order valence-electron chi connectivity index (χ2n) is 5.99. The van der Waals surface area contributed by atoms with E-state index in [0.29, 0.717) is 19.4 Å². The van der Waals surface area contributed by atoms with Crippen molar-refractivity contribution in [1.29, 1.82) is 5.41 Å². The molecule has 2 amide bonds. The topological polar surface area (TPSA) is 191 Å².